The van der Waals surface area contributed by atoms with Gasteiger partial charge in [-0.1, -0.05) is 35.0 Å². The molecule has 0 radical (unpaired) electrons. The average Bonchev–Trinajstić information content (AvgIpc) is 2.91. The molecule has 124 valence electrons. The number of likely N-dealkylation sites (N-methyl/N-ethyl adjacent to an activating group) is 2. The Morgan fingerprint density at radius 1 is 1.22 bits per heavy atom. The van der Waals surface area contributed by atoms with Crippen molar-refractivity contribution in [1.82, 2.24) is 19.9 Å². The number of rotatable bonds is 6. The number of aryl methyl sites for hydroxylation is 2. The summed E-state index contributed by atoms with van der Waals surface area (Å²) >= 11 is 0. The summed E-state index contributed by atoms with van der Waals surface area (Å²) in [5.74, 6) is 1.06. The molecule has 1 aromatic carbocycles. The van der Waals surface area contributed by atoms with Crippen molar-refractivity contribution in [1.29, 1.82) is 0 Å². The van der Waals surface area contributed by atoms with Crippen LogP contribution in [0.25, 0.3) is 0 Å². The van der Waals surface area contributed by atoms with E-state index >= 15 is 0 Å². The third kappa shape index (κ3) is 4.16. The van der Waals surface area contributed by atoms with Crippen molar-refractivity contribution in [3.8, 4) is 0 Å². The summed E-state index contributed by atoms with van der Waals surface area (Å²) < 4.78 is 4.99. The fourth-order valence-corrected chi connectivity index (χ4v) is 2.51. The Morgan fingerprint density at radius 2 is 1.87 bits per heavy atom. The summed E-state index contributed by atoms with van der Waals surface area (Å²) in [5.41, 5.74) is 2.15. The van der Waals surface area contributed by atoms with Crippen LogP contribution < -0.4 is 0 Å². The second-order valence-electron chi connectivity index (χ2n) is 5.86. The lowest BCUT2D eigenvalue weighted by atomic mass is 10.0. The van der Waals surface area contributed by atoms with Crippen LogP contribution in [-0.4, -0.2) is 46.5 Å². The fourth-order valence-electron chi connectivity index (χ4n) is 2.51. The van der Waals surface area contributed by atoms with Gasteiger partial charge in [0.2, 0.25) is 11.8 Å². The van der Waals surface area contributed by atoms with Gasteiger partial charge in [0.1, 0.15) is 6.04 Å². The summed E-state index contributed by atoms with van der Waals surface area (Å²) in [7, 11) is 3.82. The molecule has 1 aromatic heterocycles. The Kier molecular flexibility index (Phi) is 5.50. The van der Waals surface area contributed by atoms with Crippen LogP contribution in [0.5, 0.6) is 0 Å². The number of carbonyl (C=O) groups excluding carboxylic acids is 1. The molecule has 6 heteroatoms. The Labute approximate surface area is 137 Å². The lowest BCUT2D eigenvalue weighted by Gasteiger charge is -2.29. The molecule has 0 bridgehead atoms. The molecule has 0 saturated carbocycles. The normalized spacial score (nSPS) is 12.4. The van der Waals surface area contributed by atoms with Crippen LogP contribution in [0.4, 0.5) is 0 Å². The van der Waals surface area contributed by atoms with Gasteiger partial charge >= 0.3 is 0 Å². The average molecular weight is 316 g/mol. The predicted molar refractivity (Wildman–Crippen MR) is 87.7 cm³/mol. The largest absolute Gasteiger partial charge is 0.340 e. The first-order chi connectivity index (χ1) is 10.9. The zero-order valence-corrected chi connectivity index (χ0v) is 14.4. The van der Waals surface area contributed by atoms with Crippen LogP contribution in [0.1, 0.15) is 35.8 Å². The molecule has 0 unspecified atom stereocenters. The fraction of sp³-hybridized carbons (Fsp3) is 0.471. The lowest BCUT2D eigenvalue weighted by Crippen LogP contribution is -2.40. The van der Waals surface area contributed by atoms with Crippen LogP contribution in [0.15, 0.2) is 28.8 Å². The zero-order valence-electron chi connectivity index (χ0n) is 14.4. The summed E-state index contributed by atoms with van der Waals surface area (Å²) in [6, 6.07) is 7.73. The monoisotopic (exact) mass is 316 g/mol. The molecule has 0 N–H and O–H groups in total. The number of hydrogen-bond donors (Lipinski definition) is 0. The molecule has 2 aromatic rings. The van der Waals surface area contributed by atoms with Crippen LogP contribution >= 0.6 is 0 Å². The van der Waals surface area contributed by atoms with E-state index in [0.29, 0.717) is 24.8 Å². The maximum Gasteiger partial charge on any atom is 0.244 e. The van der Waals surface area contributed by atoms with Crippen molar-refractivity contribution >= 4 is 5.91 Å². The van der Waals surface area contributed by atoms with E-state index in [-0.39, 0.29) is 11.9 Å². The van der Waals surface area contributed by atoms with Gasteiger partial charge in [0, 0.05) is 13.5 Å². The number of aromatic nitrogens is 2. The number of benzene rings is 1. The van der Waals surface area contributed by atoms with Gasteiger partial charge < -0.3 is 9.42 Å². The van der Waals surface area contributed by atoms with E-state index in [1.54, 1.807) is 11.8 Å². The number of hydrogen-bond acceptors (Lipinski definition) is 5. The first kappa shape index (κ1) is 17.1. The summed E-state index contributed by atoms with van der Waals surface area (Å²) in [6.07, 6.45) is 0. The summed E-state index contributed by atoms with van der Waals surface area (Å²) in [4.78, 5) is 20.9. The molecule has 23 heavy (non-hydrogen) atoms. The van der Waals surface area contributed by atoms with E-state index < -0.39 is 0 Å². The highest BCUT2D eigenvalue weighted by molar-refractivity contribution is 5.83. The number of amides is 1. The minimum absolute atomic E-state index is 0.0313. The van der Waals surface area contributed by atoms with Crippen molar-refractivity contribution in [3.63, 3.8) is 0 Å². The van der Waals surface area contributed by atoms with E-state index in [9.17, 15) is 4.79 Å². The van der Waals surface area contributed by atoms with Crippen molar-refractivity contribution in [2.75, 3.05) is 20.6 Å². The third-order valence-electron chi connectivity index (χ3n) is 3.74. The molecule has 0 aliphatic rings. The third-order valence-corrected chi connectivity index (χ3v) is 3.74. The molecule has 6 nitrogen and oxygen atoms in total. The van der Waals surface area contributed by atoms with E-state index in [1.807, 2.05) is 57.1 Å². The van der Waals surface area contributed by atoms with Gasteiger partial charge in [0.15, 0.2) is 5.82 Å². The molecular formula is C17H24N4O2. The van der Waals surface area contributed by atoms with Crippen LogP contribution in [-0.2, 0) is 11.3 Å². The van der Waals surface area contributed by atoms with E-state index in [0.717, 1.165) is 5.56 Å². The van der Waals surface area contributed by atoms with E-state index in [1.165, 1.54) is 5.56 Å². The lowest BCUT2D eigenvalue weighted by molar-refractivity contribution is -0.136. The number of carbonyl (C=O) groups is 1. The molecule has 0 fully saturated rings. The van der Waals surface area contributed by atoms with Crippen molar-refractivity contribution in [2.24, 2.45) is 0 Å². The van der Waals surface area contributed by atoms with Gasteiger partial charge in [-0.2, -0.15) is 4.98 Å². The van der Waals surface area contributed by atoms with Gasteiger partial charge in [0.05, 0.1) is 6.54 Å². The molecular weight excluding hydrogens is 292 g/mol. The highest BCUT2D eigenvalue weighted by Crippen LogP contribution is 2.22. The highest BCUT2D eigenvalue weighted by atomic mass is 16.5. The molecule has 0 aliphatic carbocycles. The molecule has 1 atom stereocenters. The maximum atomic E-state index is 13.0. The SMILES string of the molecule is CCN(Cc1noc(C)n1)C(=O)[C@@H](c1ccc(C)cc1)N(C)C. The number of nitrogens with zero attached hydrogens (tertiary/aromatic N) is 4. The van der Waals surface area contributed by atoms with Crippen LogP contribution in [0, 0.1) is 13.8 Å². The van der Waals surface area contributed by atoms with E-state index in [2.05, 4.69) is 10.1 Å². The van der Waals surface area contributed by atoms with Crippen molar-refractivity contribution in [3.05, 3.63) is 47.1 Å². The van der Waals surface area contributed by atoms with Gasteiger partial charge in [-0.05, 0) is 33.5 Å². The summed E-state index contributed by atoms with van der Waals surface area (Å²) in [6.45, 7) is 6.66. The van der Waals surface area contributed by atoms with Gasteiger partial charge in [-0.25, -0.2) is 0 Å². The summed E-state index contributed by atoms with van der Waals surface area (Å²) in [5, 5.41) is 3.88. The van der Waals surface area contributed by atoms with Gasteiger partial charge in [0.25, 0.3) is 0 Å². The van der Waals surface area contributed by atoms with E-state index in [4.69, 9.17) is 4.52 Å². The van der Waals surface area contributed by atoms with Crippen molar-refractivity contribution < 1.29 is 9.32 Å². The molecule has 0 aliphatic heterocycles. The molecule has 0 spiro atoms. The van der Waals surface area contributed by atoms with Crippen LogP contribution in [0.3, 0.4) is 0 Å². The smallest absolute Gasteiger partial charge is 0.244 e. The second kappa shape index (κ2) is 7.37. The Hall–Kier alpha value is -2.21. The van der Waals surface area contributed by atoms with Gasteiger partial charge in [-0.15, -0.1) is 0 Å². The minimum Gasteiger partial charge on any atom is -0.340 e. The highest BCUT2D eigenvalue weighted by Gasteiger charge is 2.27. The standard InChI is InChI=1S/C17H24N4O2/c1-6-21(11-15-18-13(3)23-19-15)17(22)16(20(4)5)14-9-7-12(2)8-10-14/h7-10,16H,6,11H2,1-5H3/t16-/m1/s1. The topological polar surface area (TPSA) is 62.5 Å². The molecule has 1 amide bonds. The molecule has 1 heterocycles. The van der Waals surface area contributed by atoms with Gasteiger partial charge in [-0.3, -0.25) is 9.69 Å². The molecule has 0 saturated heterocycles. The minimum atomic E-state index is -0.330. The maximum absolute atomic E-state index is 13.0. The zero-order chi connectivity index (χ0) is 17.0. The Morgan fingerprint density at radius 3 is 2.35 bits per heavy atom. The van der Waals surface area contributed by atoms with Crippen LogP contribution in [0.2, 0.25) is 0 Å². The predicted octanol–water partition coefficient (Wildman–Crippen LogP) is 2.34. The first-order valence-corrected chi connectivity index (χ1v) is 7.73. The Bertz CT molecular complexity index is 649. The Balaban J connectivity index is 2.22. The quantitative estimate of drug-likeness (QED) is 0.818. The molecule has 2 rings (SSSR count). The van der Waals surface area contributed by atoms with Crippen molar-refractivity contribution in [2.45, 2.75) is 33.4 Å². The second-order valence-corrected chi connectivity index (χ2v) is 5.86. The first-order valence-electron chi connectivity index (χ1n) is 7.73.